The molecule has 0 radical (unpaired) electrons. The van der Waals surface area contributed by atoms with Crippen molar-refractivity contribution >= 4 is 17.3 Å². The Morgan fingerprint density at radius 2 is 1.85 bits per heavy atom. The van der Waals surface area contributed by atoms with E-state index in [1.165, 1.54) is 0 Å². The molecule has 142 valence electrons. The molecule has 0 bridgehead atoms. The van der Waals surface area contributed by atoms with E-state index in [0.717, 1.165) is 61.3 Å². The van der Waals surface area contributed by atoms with Gasteiger partial charge in [0.15, 0.2) is 11.5 Å². The predicted octanol–water partition coefficient (Wildman–Crippen LogP) is 2.61. The van der Waals surface area contributed by atoms with Crippen molar-refractivity contribution in [2.75, 3.05) is 50.0 Å². The number of hydrogen-bond donors (Lipinski definition) is 1. The predicted molar refractivity (Wildman–Crippen MR) is 109 cm³/mol. The van der Waals surface area contributed by atoms with E-state index in [-0.39, 0.29) is 0 Å². The van der Waals surface area contributed by atoms with Gasteiger partial charge < -0.3 is 15.1 Å². The number of anilines is 2. The van der Waals surface area contributed by atoms with Gasteiger partial charge in [-0.25, -0.2) is 15.0 Å². The van der Waals surface area contributed by atoms with Crippen molar-refractivity contribution in [2.45, 2.75) is 13.8 Å². The molecule has 0 aliphatic carbocycles. The van der Waals surface area contributed by atoms with Gasteiger partial charge in [-0.3, -0.25) is 4.40 Å². The standard InChI is InChI=1S/C20H27N7/c1-15(2)12-23-19-20-24-14-17(27(20)7-6-21-19)16-4-5-18(22-13-16)26-10-8-25(3)9-11-26/h4-7,13-15H,8-12H2,1-3H3,(H,21,23). The molecule has 3 aromatic rings. The Kier molecular flexibility index (Phi) is 4.94. The molecule has 1 saturated heterocycles. The molecule has 0 unspecified atom stereocenters. The van der Waals surface area contributed by atoms with Gasteiger partial charge in [0, 0.05) is 56.9 Å². The zero-order chi connectivity index (χ0) is 18.8. The number of nitrogens with one attached hydrogen (secondary N) is 1. The van der Waals surface area contributed by atoms with Gasteiger partial charge in [-0.15, -0.1) is 0 Å². The van der Waals surface area contributed by atoms with E-state index < -0.39 is 0 Å². The van der Waals surface area contributed by atoms with Crippen molar-refractivity contribution in [1.29, 1.82) is 0 Å². The summed E-state index contributed by atoms with van der Waals surface area (Å²) in [5, 5.41) is 3.39. The van der Waals surface area contributed by atoms with Crippen LogP contribution in [0.1, 0.15) is 13.8 Å². The van der Waals surface area contributed by atoms with Crippen LogP contribution >= 0.6 is 0 Å². The van der Waals surface area contributed by atoms with Crippen molar-refractivity contribution in [1.82, 2.24) is 24.3 Å². The van der Waals surface area contributed by atoms with E-state index in [1.807, 2.05) is 24.8 Å². The molecule has 4 rings (SSSR count). The summed E-state index contributed by atoms with van der Waals surface area (Å²) in [6.45, 7) is 9.43. The lowest BCUT2D eigenvalue weighted by Crippen LogP contribution is -2.44. The maximum atomic E-state index is 4.71. The average Bonchev–Trinajstić information content (AvgIpc) is 3.12. The number of nitrogens with zero attached hydrogens (tertiary/aromatic N) is 6. The fourth-order valence-corrected chi connectivity index (χ4v) is 3.32. The molecule has 0 spiro atoms. The van der Waals surface area contributed by atoms with Crippen molar-refractivity contribution in [3.8, 4) is 11.3 Å². The largest absolute Gasteiger partial charge is 0.367 e. The van der Waals surface area contributed by atoms with E-state index in [4.69, 9.17) is 4.98 Å². The third-order valence-corrected chi connectivity index (χ3v) is 4.98. The summed E-state index contributed by atoms with van der Waals surface area (Å²) >= 11 is 0. The van der Waals surface area contributed by atoms with Crippen molar-refractivity contribution in [2.24, 2.45) is 5.92 Å². The Morgan fingerprint density at radius 1 is 1.04 bits per heavy atom. The highest BCUT2D eigenvalue weighted by Gasteiger charge is 2.16. The number of hydrogen-bond acceptors (Lipinski definition) is 6. The van der Waals surface area contributed by atoms with Crippen LogP contribution in [0.3, 0.4) is 0 Å². The first-order valence-electron chi connectivity index (χ1n) is 9.57. The highest BCUT2D eigenvalue weighted by atomic mass is 15.3. The third-order valence-electron chi connectivity index (χ3n) is 4.98. The lowest BCUT2D eigenvalue weighted by molar-refractivity contribution is 0.312. The minimum atomic E-state index is 0.549. The summed E-state index contributed by atoms with van der Waals surface area (Å²) in [7, 11) is 2.16. The molecule has 0 atom stereocenters. The van der Waals surface area contributed by atoms with E-state index in [2.05, 4.69) is 62.5 Å². The van der Waals surface area contributed by atoms with Crippen LogP contribution in [0.25, 0.3) is 16.9 Å². The maximum absolute atomic E-state index is 4.71. The number of fused-ring (bicyclic) bond motifs is 1. The van der Waals surface area contributed by atoms with Crippen LogP contribution in [0.2, 0.25) is 0 Å². The van der Waals surface area contributed by atoms with Crippen molar-refractivity contribution < 1.29 is 0 Å². The number of imidazole rings is 1. The van der Waals surface area contributed by atoms with Crippen molar-refractivity contribution in [3.63, 3.8) is 0 Å². The van der Waals surface area contributed by atoms with Crippen LogP contribution in [-0.2, 0) is 0 Å². The Morgan fingerprint density at radius 3 is 2.56 bits per heavy atom. The van der Waals surface area contributed by atoms with E-state index >= 15 is 0 Å². The highest BCUT2D eigenvalue weighted by Crippen LogP contribution is 2.24. The van der Waals surface area contributed by atoms with Gasteiger partial charge in [0.25, 0.3) is 0 Å². The first-order valence-corrected chi connectivity index (χ1v) is 9.57. The van der Waals surface area contributed by atoms with E-state index in [0.29, 0.717) is 5.92 Å². The number of piperazine rings is 1. The summed E-state index contributed by atoms with van der Waals surface area (Å²) in [4.78, 5) is 18.4. The normalized spacial score (nSPS) is 15.6. The zero-order valence-corrected chi connectivity index (χ0v) is 16.3. The molecule has 7 heteroatoms. The number of pyridine rings is 1. The lowest BCUT2D eigenvalue weighted by atomic mass is 10.2. The van der Waals surface area contributed by atoms with Crippen LogP contribution in [-0.4, -0.2) is 64.0 Å². The molecule has 27 heavy (non-hydrogen) atoms. The fourth-order valence-electron chi connectivity index (χ4n) is 3.32. The minimum absolute atomic E-state index is 0.549. The average molecular weight is 365 g/mol. The molecule has 1 aliphatic rings. The lowest BCUT2D eigenvalue weighted by Gasteiger charge is -2.33. The Balaban J connectivity index is 1.58. The maximum Gasteiger partial charge on any atom is 0.180 e. The second-order valence-corrected chi connectivity index (χ2v) is 7.58. The van der Waals surface area contributed by atoms with Gasteiger partial charge >= 0.3 is 0 Å². The SMILES string of the molecule is CC(C)CNc1nccn2c(-c3ccc(N4CCN(C)CC4)nc3)cnc12. The highest BCUT2D eigenvalue weighted by molar-refractivity contribution is 5.70. The molecular weight excluding hydrogens is 338 g/mol. The molecule has 7 nitrogen and oxygen atoms in total. The smallest absolute Gasteiger partial charge is 0.180 e. The molecule has 0 aromatic carbocycles. The quantitative estimate of drug-likeness (QED) is 0.750. The molecule has 0 amide bonds. The second kappa shape index (κ2) is 7.52. The van der Waals surface area contributed by atoms with Gasteiger partial charge in [-0.2, -0.15) is 0 Å². The molecular formula is C20H27N7. The molecule has 3 aromatic heterocycles. The molecule has 0 saturated carbocycles. The Labute approximate surface area is 160 Å². The summed E-state index contributed by atoms with van der Waals surface area (Å²) in [5.74, 6) is 2.41. The monoisotopic (exact) mass is 365 g/mol. The van der Waals surface area contributed by atoms with Crippen LogP contribution < -0.4 is 10.2 Å². The summed E-state index contributed by atoms with van der Waals surface area (Å²) in [6, 6.07) is 4.24. The fraction of sp³-hybridized carbons (Fsp3) is 0.450. The van der Waals surface area contributed by atoms with Gasteiger partial charge in [0.2, 0.25) is 0 Å². The van der Waals surface area contributed by atoms with Gasteiger partial charge in [-0.1, -0.05) is 13.8 Å². The second-order valence-electron chi connectivity index (χ2n) is 7.58. The van der Waals surface area contributed by atoms with Crippen LogP contribution in [0, 0.1) is 5.92 Å². The zero-order valence-electron chi connectivity index (χ0n) is 16.3. The minimum Gasteiger partial charge on any atom is -0.367 e. The Bertz CT molecular complexity index is 892. The molecule has 1 N–H and O–H groups in total. The number of aromatic nitrogens is 4. The summed E-state index contributed by atoms with van der Waals surface area (Å²) < 4.78 is 2.07. The first kappa shape index (κ1) is 17.7. The third kappa shape index (κ3) is 3.73. The topological polar surface area (TPSA) is 61.6 Å². The Hall–Kier alpha value is -2.67. The van der Waals surface area contributed by atoms with Gasteiger partial charge in [0.1, 0.15) is 5.82 Å². The van der Waals surface area contributed by atoms with E-state index in [1.54, 1.807) is 0 Å². The summed E-state index contributed by atoms with van der Waals surface area (Å²) in [6.07, 6.45) is 7.60. The first-order chi connectivity index (χ1) is 13.1. The number of likely N-dealkylation sites (N-methyl/N-ethyl adjacent to an activating group) is 1. The van der Waals surface area contributed by atoms with Gasteiger partial charge in [-0.05, 0) is 25.1 Å². The van der Waals surface area contributed by atoms with E-state index in [9.17, 15) is 0 Å². The molecule has 4 heterocycles. The molecule has 1 aliphatic heterocycles. The van der Waals surface area contributed by atoms with Crippen molar-refractivity contribution in [3.05, 3.63) is 36.9 Å². The van der Waals surface area contributed by atoms with Crippen LogP contribution in [0.15, 0.2) is 36.9 Å². The van der Waals surface area contributed by atoms with Gasteiger partial charge in [0.05, 0.1) is 11.9 Å². The number of rotatable bonds is 5. The molecule has 1 fully saturated rings. The van der Waals surface area contributed by atoms with Crippen LogP contribution in [0.5, 0.6) is 0 Å². The van der Waals surface area contributed by atoms with Crippen LogP contribution in [0.4, 0.5) is 11.6 Å². The summed E-state index contributed by atoms with van der Waals surface area (Å²) in [5.41, 5.74) is 2.93.